The van der Waals surface area contributed by atoms with Crippen molar-refractivity contribution in [3.63, 3.8) is 0 Å². The highest BCUT2D eigenvalue weighted by Gasteiger charge is 2.58. The Hall–Kier alpha value is -0.870. The van der Waals surface area contributed by atoms with Gasteiger partial charge in [-0.3, -0.25) is 5.10 Å². The molecule has 2 heterocycles. The van der Waals surface area contributed by atoms with Gasteiger partial charge < -0.3 is 10.1 Å². The highest BCUT2D eigenvalue weighted by Crippen LogP contribution is 2.52. The molecule has 3 rings (SSSR count). The van der Waals surface area contributed by atoms with E-state index in [1.807, 2.05) is 12.4 Å². The monoisotopic (exact) mass is 221 g/mol. The molecule has 1 aliphatic carbocycles. The standard InChI is InChI=1S/C12H19N3O/c1-12(2)10(9-3-4-16-11(9)12)13-5-8-6-14-15-7-8/h6-7,9-11,13H,3-5H2,1-2H3,(H,14,15). The molecule has 4 heteroatoms. The maximum atomic E-state index is 5.78. The van der Waals surface area contributed by atoms with E-state index >= 15 is 0 Å². The minimum Gasteiger partial charge on any atom is -0.377 e. The smallest absolute Gasteiger partial charge is 0.0685 e. The van der Waals surface area contributed by atoms with E-state index in [0.29, 0.717) is 18.1 Å². The first kappa shape index (κ1) is 10.3. The Kier molecular flexibility index (Phi) is 2.30. The fraction of sp³-hybridized carbons (Fsp3) is 0.750. The molecule has 1 aromatic rings. The Morgan fingerprint density at radius 1 is 1.62 bits per heavy atom. The number of fused-ring (bicyclic) bond motifs is 1. The lowest BCUT2D eigenvalue weighted by molar-refractivity contribution is -0.113. The molecule has 0 aromatic carbocycles. The van der Waals surface area contributed by atoms with Gasteiger partial charge in [0.25, 0.3) is 0 Å². The van der Waals surface area contributed by atoms with Crippen LogP contribution in [0.5, 0.6) is 0 Å². The summed E-state index contributed by atoms with van der Waals surface area (Å²) >= 11 is 0. The summed E-state index contributed by atoms with van der Waals surface area (Å²) in [6.07, 6.45) is 5.49. The van der Waals surface area contributed by atoms with E-state index in [2.05, 4.69) is 29.4 Å². The minimum absolute atomic E-state index is 0.269. The molecule has 3 unspecified atom stereocenters. The average molecular weight is 221 g/mol. The molecule has 88 valence electrons. The number of rotatable bonds is 3. The molecule has 0 spiro atoms. The first-order valence-corrected chi connectivity index (χ1v) is 6.02. The van der Waals surface area contributed by atoms with Crippen LogP contribution in [0.15, 0.2) is 12.4 Å². The molecule has 2 N–H and O–H groups in total. The van der Waals surface area contributed by atoms with Crippen molar-refractivity contribution in [3.8, 4) is 0 Å². The first-order valence-electron chi connectivity index (χ1n) is 6.02. The molecule has 0 amide bonds. The predicted molar refractivity (Wildman–Crippen MR) is 60.8 cm³/mol. The Morgan fingerprint density at radius 2 is 2.50 bits per heavy atom. The molecule has 0 radical (unpaired) electrons. The molecular formula is C12H19N3O. The topological polar surface area (TPSA) is 49.9 Å². The summed E-state index contributed by atoms with van der Waals surface area (Å²) in [5.41, 5.74) is 1.49. The van der Waals surface area contributed by atoms with Crippen molar-refractivity contribution in [2.45, 2.75) is 39.0 Å². The van der Waals surface area contributed by atoms with Gasteiger partial charge in [-0.05, 0) is 6.42 Å². The molecule has 0 bridgehead atoms. The highest BCUT2D eigenvalue weighted by atomic mass is 16.5. The molecule has 4 nitrogen and oxygen atoms in total. The van der Waals surface area contributed by atoms with Crippen LogP contribution in [0.1, 0.15) is 25.8 Å². The van der Waals surface area contributed by atoms with Gasteiger partial charge in [-0.15, -0.1) is 0 Å². The molecule has 2 fully saturated rings. The number of H-pyrrole nitrogens is 1. The summed E-state index contributed by atoms with van der Waals surface area (Å²) in [5, 5.41) is 10.4. The number of aromatic amines is 1. The number of ether oxygens (including phenoxy) is 1. The van der Waals surface area contributed by atoms with Gasteiger partial charge in [0.15, 0.2) is 0 Å². The van der Waals surface area contributed by atoms with E-state index in [0.717, 1.165) is 13.2 Å². The zero-order chi connectivity index (χ0) is 11.2. The number of hydrogen-bond donors (Lipinski definition) is 2. The summed E-state index contributed by atoms with van der Waals surface area (Å²) in [6.45, 7) is 6.43. The van der Waals surface area contributed by atoms with Crippen LogP contribution in [0.2, 0.25) is 0 Å². The summed E-state index contributed by atoms with van der Waals surface area (Å²) in [6, 6.07) is 0.579. The van der Waals surface area contributed by atoms with E-state index in [9.17, 15) is 0 Å². The molecule has 1 saturated carbocycles. The molecule has 1 aromatic heterocycles. The van der Waals surface area contributed by atoms with E-state index in [1.165, 1.54) is 12.0 Å². The Morgan fingerprint density at radius 3 is 3.25 bits per heavy atom. The zero-order valence-electron chi connectivity index (χ0n) is 9.86. The van der Waals surface area contributed by atoms with Crippen molar-refractivity contribution in [1.29, 1.82) is 0 Å². The second-order valence-corrected chi connectivity index (χ2v) is 5.53. The highest BCUT2D eigenvalue weighted by molar-refractivity contribution is 5.12. The van der Waals surface area contributed by atoms with Crippen LogP contribution in [0.3, 0.4) is 0 Å². The van der Waals surface area contributed by atoms with Crippen LogP contribution < -0.4 is 5.32 Å². The summed E-state index contributed by atoms with van der Waals surface area (Å²) < 4.78 is 5.78. The van der Waals surface area contributed by atoms with Crippen molar-refractivity contribution in [2.75, 3.05) is 6.61 Å². The third-order valence-corrected chi connectivity index (χ3v) is 4.18. The maximum Gasteiger partial charge on any atom is 0.0685 e. The molecule has 1 aliphatic heterocycles. The summed E-state index contributed by atoms with van der Waals surface area (Å²) in [4.78, 5) is 0. The van der Waals surface area contributed by atoms with Gasteiger partial charge in [-0.1, -0.05) is 13.8 Å². The van der Waals surface area contributed by atoms with Crippen LogP contribution in [0.25, 0.3) is 0 Å². The predicted octanol–water partition coefficient (Wildman–Crippen LogP) is 1.31. The molecule has 1 saturated heterocycles. The summed E-state index contributed by atoms with van der Waals surface area (Å²) in [7, 11) is 0. The minimum atomic E-state index is 0.269. The van der Waals surface area contributed by atoms with Crippen molar-refractivity contribution < 1.29 is 4.74 Å². The van der Waals surface area contributed by atoms with Crippen molar-refractivity contribution >= 4 is 0 Å². The van der Waals surface area contributed by atoms with Crippen molar-refractivity contribution in [2.24, 2.45) is 11.3 Å². The van der Waals surface area contributed by atoms with Gasteiger partial charge in [-0.25, -0.2) is 0 Å². The Bertz CT molecular complexity index is 360. The maximum absolute atomic E-state index is 5.78. The SMILES string of the molecule is CC1(C)C(NCc2cn[nH]c2)C2CCOC21. The molecule has 3 atom stereocenters. The molecule has 2 aliphatic rings. The average Bonchev–Trinajstić information content (AvgIpc) is 2.86. The number of nitrogens with one attached hydrogen (secondary N) is 2. The van der Waals surface area contributed by atoms with Gasteiger partial charge >= 0.3 is 0 Å². The van der Waals surface area contributed by atoms with Gasteiger partial charge in [0.1, 0.15) is 0 Å². The second kappa shape index (κ2) is 3.57. The van der Waals surface area contributed by atoms with E-state index in [4.69, 9.17) is 4.74 Å². The lowest BCUT2D eigenvalue weighted by atomic mass is 9.57. The first-order chi connectivity index (χ1) is 7.69. The van der Waals surface area contributed by atoms with Crippen LogP contribution in [-0.2, 0) is 11.3 Å². The van der Waals surface area contributed by atoms with Crippen molar-refractivity contribution in [3.05, 3.63) is 18.0 Å². The number of nitrogens with zero attached hydrogens (tertiary/aromatic N) is 1. The third kappa shape index (κ3) is 1.40. The zero-order valence-corrected chi connectivity index (χ0v) is 9.86. The van der Waals surface area contributed by atoms with Gasteiger partial charge in [0, 0.05) is 42.3 Å². The lowest BCUT2D eigenvalue weighted by Gasteiger charge is -2.55. The quantitative estimate of drug-likeness (QED) is 0.809. The van der Waals surface area contributed by atoms with Crippen LogP contribution in [-0.4, -0.2) is 29.0 Å². The van der Waals surface area contributed by atoms with Crippen LogP contribution in [0, 0.1) is 11.3 Å². The second-order valence-electron chi connectivity index (χ2n) is 5.53. The molecular weight excluding hydrogens is 202 g/mol. The number of aromatic nitrogens is 2. The Labute approximate surface area is 95.8 Å². The van der Waals surface area contributed by atoms with Crippen molar-refractivity contribution in [1.82, 2.24) is 15.5 Å². The molecule has 16 heavy (non-hydrogen) atoms. The van der Waals surface area contributed by atoms with E-state index < -0.39 is 0 Å². The normalized spacial score (nSPS) is 35.8. The van der Waals surface area contributed by atoms with Gasteiger partial charge in [-0.2, -0.15) is 5.10 Å². The summed E-state index contributed by atoms with van der Waals surface area (Å²) in [5.74, 6) is 0.710. The van der Waals surface area contributed by atoms with Gasteiger partial charge in [0.05, 0.1) is 12.3 Å². The fourth-order valence-corrected chi connectivity index (χ4v) is 3.34. The van der Waals surface area contributed by atoms with E-state index in [-0.39, 0.29) is 5.41 Å². The van der Waals surface area contributed by atoms with E-state index in [1.54, 1.807) is 0 Å². The Balaban J connectivity index is 1.63. The largest absolute Gasteiger partial charge is 0.377 e. The third-order valence-electron chi connectivity index (χ3n) is 4.18. The fourth-order valence-electron chi connectivity index (χ4n) is 3.34. The lowest BCUT2D eigenvalue weighted by Crippen LogP contribution is -2.65. The van der Waals surface area contributed by atoms with Crippen LogP contribution in [0.4, 0.5) is 0 Å². The van der Waals surface area contributed by atoms with Gasteiger partial charge in [0.2, 0.25) is 0 Å². The van der Waals surface area contributed by atoms with Crippen LogP contribution >= 0.6 is 0 Å². The number of hydrogen-bond acceptors (Lipinski definition) is 3.